The molecule has 1 aliphatic rings. The van der Waals surface area contributed by atoms with Gasteiger partial charge in [-0.2, -0.15) is 0 Å². The lowest BCUT2D eigenvalue weighted by atomic mass is 9.87. The van der Waals surface area contributed by atoms with E-state index in [-0.39, 0.29) is 11.8 Å². The van der Waals surface area contributed by atoms with Crippen LogP contribution in [0.4, 0.5) is 5.69 Å². The van der Waals surface area contributed by atoms with Crippen molar-refractivity contribution in [2.75, 3.05) is 25.1 Å². The number of carbonyl (C=O) groups excluding carboxylic acids is 2. The molecule has 0 aromatic heterocycles. The molecule has 0 atom stereocenters. The van der Waals surface area contributed by atoms with Crippen molar-refractivity contribution in [1.82, 2.24) is 5.32 Å². The first-order chi connectivity index (χ1) is 15.7. The Hall–Kier alpha value is -3.64. The third-order valence-corrected chi connectivity index (χ3v) is 5.33. The highest BCUT2D eigenvalue weighted by Gasteiger charge is 2.32. The van der Waals surface area contributed by atoms with Gasteiger partial charge in [0.05, 0.1) is 17.2 Å². The molecule has 0 bridgehead atoms. The molecule has 0 saturated carbocycles. The second-order valence-electron chi connectivity index (χ2n) is 7.45. The fourth-order valence-corrected chi connectivity index (χ4v) is 3.80. The van der Waals surface area contributed by atoms with Gasteiger partial charge < -0.3 is 20.1 Å². The number of amides is 2. The molecule has 3 aromatic carbocycles. The van der Waals surface area contributed by atoms with E-state index in [1.165, 1.54) is 0 Å². The SMILES string of the molecule is CCOCCCNC(=O)c1ccccc1NC(=O)C1c2ccccc2Oc2ccccc21. The minimum absolute atomic E-state index is 0.218. The first-order valence-corrected chi connectivity index (χ1v) is 10.8. The summed E-state index contributed by atoms with van der Waals surface area (Å²) in [5.74, 6) is 0.326. The lowest BCUT2D eigenvalue weighted by Crippen LogP contribution is -2.29. The molecule has 0 saturated heterocycles. The molecule has 0 radical (unpaired) electrons. The van der Waals surface area contributed by atoms with Crippen molar-refractivity contribution in [3.8, 4) is 11.5 Å². The summed E-state index contributed by atoms with van der Waals surface area (Å²) in [7, 11) is 0. The topological polar surface area (TPSA) is 76.7 Å². The van der Waals surface area contributed by atoms with E-state index in [2.05, 4.69) is 10.6 Å². The first-order valence-electron chi connectivity index (χ1n) is 10.8. The van der Waals surface area contributed by atoms with Crippen molar-refractivity contribution in [2.24, 2.45) is 0 Å². The van der Waals surface area contributed by atoms with Gasteiger partial charge in [-0.25, -0.2) is 0 Å². The first kappa shape index (κ1) is 21.6. The minimum Gasteiger partial charge on any atom is -0.457 e. The number of hydrogen-bond donors (Lipinski definition) is 2. The molecule has 32 heavy (non-hydrogen) atoms. The molecule has 0 fully saturated rings. The normalized spacial score (nSPS) is 12.3. The van der Waals surface area contributed by atoms with Crippen LogP contribution in [0.1, 0.15) is 40.7 Å². The molecule has 0 unspecified atom stereocenters. The summed E-state index contributed by atoms with van der Waals surface area (Å²) < 4.78 is 11.3. The van der Waals surface area contributed by atoms with E-state index >= 15 is 0 Å². The van der Waals surface area contributed by atoms with Crippen LogP contribution >= 0.6 is 0 Å². The summed E-state index contributed by atoms with van der Waals surface area (Å²) in [5.41, 5.74) is 2.48. The van der Waals surface area contributed by atoms with Crippen LogP contribution in [0.2, 0.25) is 0 Å². The summed E-state index contributed by atoms with van der Waals surface area (Å²) in [6.07, 6.45) is 0.726. The molecule has 0 spiro atoms. The minimum atomic E-state index is -0.543. The highest BCUT2D eigenvalue weighted by molar-refractivity contribution is 6.06. The number of benzene rings is 3. The molecule has 2 amide bonds. The number of hydrogen-bond acceptors (Lipinski definition) is 4. The van der Waals surface area contributed by atoms with Crippen LogP contribution in [0.5, 0.6) is 11.5 Å². The maximum absolute atomic E-state index is 13.5. The number of fused-ring (bicyclic) bond motifs is 2. The standard InChI is InChI=1S/C26H26N2O4/c1-2-31-17-9-16-27-25(29)18-10-3-6-13-21(18)28-26(30)24-19-11-4-7-14-22(19)32-23-15-8-5-12-20(23)24/h3-8,10-15,24H,2,9,16-17H2,1H3,(H,27,29)(H,28,30). The molecular weight excluding hydrogens is 404 g/mol. The summed E-state index contributed by atoms with van der Waals surface area (Å²) in [6.45, 7) is 3.69. The van der Waals surface area contributed by atoms with Crippen molar-refractivity contribution in [3.05, 3.63) is 89.5 Å². The Morgan fingerprint density at radius 1 is 0.906 bits per heavy atom. The zero-order valence-corrected chi connectivity index (χ0v) is 18.0. The molecule has 164 valence electrons. The smallest absolute Gasteiger partial charge is 0.253 e. The molecule has 6 heteroatoms. The van der Waals surface area contributed by atoms with Crippen molar-refractivity contribution in [1.29, 1.82) is 0 Å². The number of nitrogens with one attached hydrogen (secondary N) is 2. The lowest BCUT2D eigenvalue weighted by Gasteiger charge is -2.27. The largest absolute Gasteiger partial charge is 0.457 e. The molecule has 1 heterocycles. The van der Waals surface area contributed by atoms with E-state index in [1.807, 2.05) is 55.5 Å². The van der Waals surface area contributed by atoms with E-state index in [0.29, 0.717) is 42.5 Å². The Labute approximate surface area is 187 Å². The zero-order valence-electron chi connectivity index (χ0n) is 18.0. The molecule has 1 aliphatic heterocycles. The van der Waals surface area contributed by atoms with E-state index in [0.717, 1.165) is 17.5 Å². The van der Waals surface area contributed by atoms with Gasteiger partial charge in [0, 0.05) is 30.9 Å². The Kier molecular flexibility index (Phi) is 6.82. The van der Waals surface area contributed by atoms with Crippen molar-refractivity contribution in [2.45, 2.75) is 19.3 Å². The number of ether oxygens (including phenoxy) is 2. The summed E-state index contributed by atoms with van der Waals surface area (Å²) in [6, 6.07) is 22.1. The number of rotatable bonds is 8. The second kappa shape index (κ2) is 10.1. The van der Waals surface area contributed by atoms with Gasteiger partial charge >= 0.3 is 0 Å². The average molecular weight is 431 g/mol. The Morgan fingerprint density at radius 2 is 1.53 bits per heavy atom. The van der Waals surface area contributed by atoms with Gasteiger partial charge in [-0.1, -0.05) is 48.5 Å². The van der Waals surface area contributed by atoms with Crippen molar-refractivity contribution >= 4 is 17.5 Å². The van der Waals surface area contributed by atoms with E-state index in [4.69, 9.17) is 9.47 Å². The maximum atomic E-state index is 13.5. The van der Waals surface area contributed by atoms with Gasteiger partial charge in [0.15, 0.2) is 0 Å². The van der Waals surface area contributed by atoms with Crippen LogP contribution in [0.15, 0.2) is 72.8 Å². The average Bonchev–Trinajstić information content (AvgIpc) is 2.82. The summed E-state index contributed by atoms with van der Waals surface area (Å²) >= 11 is 0. The van der Waals surface area contributed by atoms with E-state index < -0.39 is 5.92 Å². The molecule has 6 nitrogen and oxygen atoms in total. The highest BCUT2D eigenvalue weighted by atomic mass is 16.5. The predicted octanol–water partition coefficient (Wildman–Crippen LogP) is 4.72. The van der Waals surface area contributed by atoms with Crippen LogP contribution in [0.3, 0.4) is 0 Å². The quantitative estimate of drug-likeness (QED) is 0.507. The molecule has 0 aliphatic carbocycles. The number of para-hydroxylation sites is 3. The lowest BCUT2D eigenvalue weighted by molar-refractivity contribution is -0.116. The molecule has 3 aromatic rings. The molecule has 4 rings (SSSR count). The van der Waals surface area contributed by atoms with Gasteiger partial charge in [-0.05, 0) is 37.6 Å². The molecule has 2 N–H and O–H groups in total. The number of carbonyl (C=O) groups is 2. The Bertz CT molecular complexity index is 1070. The highest BCUT2D eigenvalue weighted by Crippen LogP contribution is 2.44. The van der Waals surface area contributed by atoms with E-state index in [1.54, 1.807) is 24.3 Å². The van der Waals surface area contributed by atoms with Gasteiger partial charge in [-0.3, -0.25) is 9.59 Å². The van der Waals surface area contributed by atoms with Gasteiger partial charge in [-0.15, -0.1) is 0 Å². The monoisotopic (exact) mass is 430 g/mol. The van der Waals surface area contributed by atoms with Gasteiger partial charge in [0.1, 0.15) is 11.5 Å². The fourth-order valence-electron chi connectivity index (χ4n) is 3.80. The Morgan fingerprint density at radius 3 is 2.22 bits per heavy atom. The van der Waals surface area contributed by atoms with Crippen molar-refractivity contribution < 1.29 is 19.1 Å². The van der Waals surface area contributed by atoms with Crippen LogP contribution in [-0.4, -0.2) is 31.6 Å². The third kappa shape index (κ3) is 4.65. The second-order valence-corrected chi connectivity index (χ2v) is 7.45. The van der Waals surface area contributed by atoms with Crippen LogP contribution in [0, 0.1) is 0 Å². The van der Waals surface area contributed by atoms with Crippen LogP contribution < -0.4 is 15.4 Å². The van der Waals surface area contributed by atoms with Crippen LogP contribution in [-0.2, 0) is 9.53 Å². The van der Waals surface area contributed by atoms with Gasteiger partial charge in [0.2, 0.25) is 5.91 Å². The van der Waals surface area contributed by atoms with Gasteiger partial charge in [0.25, 0.3) is 5.91 Å². The van der Waals surface area contributed by atoms with Crippen LogP contribution in [0.25, 0.3) is 0 Å². The predicted molar refractivity (Wildman–Crippen MR) is 123 cm³/mol. The molecular formula is C26H26N2O4. The Balaban J connectivity index is 1.55. The summed E-state index contributed by atoms with van der Waals surface area (Å²) in [4.78, 5) is 26.2. The zero-order chi connectivity index (χ0) is 22.3. The van der Waals surface area contributed by atoms with E-state index in [9.17, 15) is 9.59 Å². The maximum Gasteiger partial charge on any atom is 0.253 e. The van der Waals surface area contributed by atoms with Crippen molar-refractivity contribution in [3.63, 3.8) is 0 Å². The third-order valence-electron chi connectivity index (χ3n) is 5.33. The number of anilines is 1. The fraction of sp³-hybridized carbons (Fsp3) is 0.231. The summed E-state index contributed by atoms with van der Waals surface area (Å²) in [5, 5.41) is 5.87.